The molecule has 0 spiro atoms. The number of unbranched alkanes of at least 4 members (excludes halogenated alkanes) is 8. The highest BCUT2D eigenvalue weighted by atomic mass is 16.6. The number of aliphatic carboxylic acids is 1. The van der Waals surface area contributed by atoms with Crippen LogP contribution in [0, 0.1) is 0 Å². The predicted octanol–water partition coefficient (Wildman–Crippen LogP) is 9.18. The molecule has 8 heteroatoms. The van der Waals surface area contributed by atoms with Gasteiger partial charge in [-0.15, -0.1) is 0 Å². The van der Waals surface area contributed by atoms with Crippen molar-refractivity contribution in [1.29, 1.82) is 0 Å². The molecule has 0 aliphatic carbocycles. The highest BCUT2D eigenvalue weighted by Crippen LogP contribution is 2.11. The summed E-state index contributed by atoms with van der Waals surface area (Å²) >= 11 is 0. The molecule has 0 aliphatic rings. The van der Waals surface area contributed by atoms with E-state index in [0.717, 1.165) is 57.8 Å². The third-order valence-electron chi connectivity index (χ3n) is 8.12. The Morgan fingerprint density at radius 1 is 0.574 bits per heavy atom. The number of nitrogens with zero attached hydrogens (tertiary/aromatic N) is 1. The molecule has 2 unspecified atom stereocenters. The van der Waals surface area contributed by atoms with E-state index >= 15 is 0 Å². The molecule has 0 heterocycles. The van der Waals surface area contributed by atoms with Crippen molar-refractivity contribution in [1.82, 2.24) is 0 Å². The van der Waals surface area contributed by atoms with Gasteiger partial charge in [0.1, 0.15) is 12.6 Å². The van der Waals surface area contributed by atoms with Gasteiger partial charge in [-0.05, 0) is 51.4 Å². The number of hydrogen-bond acceptors (Lipinski definition) is 7. The summed E-state index contributed by atoms with van der Waals surface area (Å²) in [6.45, 7) is 4.34. The van der Waals surface area contributed by atoms with Gasteiger partial charge < -0.3 is 28.6 Å². The zero-order valence-electron chi connectivity index (χ0n) is 34.1. The number of allylic oxidation sites excluding steroid dienone is 18. The summed E-state index contributed by atoms with van der Waals surface area (Å²) in [4.78, 5) is 36.7. The number of carbonyl (C=O) groups is 3. The molecule has 2 atom stereocenters. The van der Waals surface area contributed by atoms with E-state index in [2.05, 4.69) is 50.3 Å². The van der Waals surface area contributed by atoms with E-state index in [4.69, 9.17) is 14.2 Å². The first-order valence-electron chi connectivity index (χ1n) is 20.0. The Morgan fingerprint density at radius 2 is 1.04 bits per heavy atom. The number of ether oxygens (including phenoxy) is 3. The van der Waals surface area contributed by atoms with Gasteiger partial charge in [-0.3, -0.25) is 9.59 Å². The minimum absolute atomic E-state index is 0.00475. The maximum Gasteiger partial charge on any atom is 0.306 e. The first-order valence-corrected chi connectivity index (χ1v) is 20.0. The topological polar surface area (TPSA) is 102 Å². The summed E-state index contributed by atoms with van der Waals surface area (Å²) in [7, 11) is 5.35. The number of hydrogen-bond donors (Lipinski definition) is 0. The number of likely N-dealkylation sites (N-methyl/N-ethyl adjacent to an activating group) is 1. The Bertz CT molecular complexity index is 1240. The van der Waals surface area contributed by atoms with Crippen LogP contribution in [0.5, 0.6) is 0 Å². The zero-order valence-corrected chi connectivity index (χ0v) is 34.1. The van der Waals surface area contributed by atoms with Crippen LogP contribution >= 0.6 is 0 Å². The summed E-state index contributed by atoms with van der Waals surface area (Å²) in [6, 6.07) is -0.745. The predicted molar refractivity (Wildman–Crippen MR) is 221 cm³/mol. The molecule has 0 rings (SSSR count). The molecule has 0 aromatic heterocycles. The van der Waals surface area contributed by atoms with Crippen LogP contribution in [0.25, 0.3) is 0 Å². The first-order chi connectivity index (χ1) is 26.1. The summed E-state index contributed by atoms with van der Waals surface area (Å²) in [5, 5.41) is 11.6. The summed E-state index contributed by atoms with van der Waals surface area (Å²) in [5.41, 5.74) is 0. The van der Waals surface area contributed by atoms with E-state index in [1.165, 1.54) is 12.8 Å². The average Bonchev–Trinajstić information content (AvgIpc) is 3.12. The molecule has 0 amide bonds. The number of rotatable bonds is 33. The normalized spacial score (nSPS) is 14.2. The lowest BCUT2D eigenvalue weighted by molar-refractivity contribution is -0.889. The quantitative estimate of drug-likeness (QED) is 0.0285. The molecule has 0 aromatic rings. The molecule has 0 bridgehead atoms. The Labute approximate surface area is 328 Å². The number of carboxylic acid groups (broad SMARTS) is 1. The van der Waals surface area contributed by atoms with Crippen LogP contribution in [0.15, 0.2) is 109 Å². The van der Waals surface area contributed by atoms with Crippen molar-refractivity contribution in [2.45, 2.75) is 122 Å². The lowest BCUT2D eigenvalue weighted by atomic mass is 10.1. The Hall–Kier alpha value is -4.01. The molecular weight excluding hydrogens is 679 g/mol. The SMILES string of the molecule is CC/C=C/C=C/C=C/C=C/C=C/C=C/C=C/CCCCCC(=O)OC(COCCC(C(=O)[O-])[N+](C)(C)C)COC(=O)CCCCC/C=C/C=C/CCCC. The monoisotopic (exact) mass is 750 g/mol. The van der Waals surface area contributed by atoms with Crippen LogP contribution in [-0.4, -0.2) is 75.5 Å². The van der Waals surface area contributed by atoms with Crippen molar-refractivity contribution in [2.24, 2.45) is 0 Å². The number of carboxylic acids is 1. The van der Waals surface area contributed by atoms with Crippen LogP contribution < -0.4 is 5.11 Å². The Morgan fingerprint density at radius 3 is 1.52 bits per heavy atom. The summed E-state index contributed by atoms with van der Waals surface area (Å²) in [5.74, 6) is -1.85. The van der Waals surface area contributed by atoms with Gasteiger partial charge in [0.15, 0.2) is 6.10 Å². The van der Waals surface area contributed by atoms with Gasteiger partial charge in [0.25, 0.3) is 0 Å². The van der Waals surface area contributed by atoms with E-state index in [9.17, 15) is 19.5 Å². The minimum Gasteiger partial charge on any atom is -0.544 e. The second-order valence-corrected chi connectivity index (χ2v) is 14.0. The van der Waals surface area contributed by atoms with Gasteiger partial charge in [-0.1, -0.05) is 149 Å². The summed E-state index contributed by atoms with van der Waals surface area (Å²) < 4.78 is 17.0. The van der Waals surface area contributed by atoms with Crippen molar-refractivity contribution in [3.8, 4) is 0 Å². The van der Waals surface area contributed by atoms with Gasteiger partial charge in [-0.25, -0.2) is 0 Å². The molecule has 0 radical (unpaired) electrons. The fourth-order valence-corrected chi connectivity index (χ4v) is 4.97. The Kier molecular flexibility index (Phi) is 33.3. The van der Waals surface area contributed by atoms with Crippen LogP contribution in [-0.2, 0) is 28.6 Å². The first kappa shape index (κ1) is 50.0. The summed E-state index contributed by atoms with van der Waals surface area (Å²) in [6.07, 6.45) is 48.3. The number of esters is 2. The third kappa shape index (κ3) is 33.8. The van der Waals surface area contributed by atoms with Crippen molar-refractivity contribution in [3.63, 3.8) is 0 Å². The van der Waals surface area contributed by atoms with Crippen LogP contribution in [0.1, 0.15) is 110 Å². The van der Waals surface area contributed by atoms with E-state index in [-0.39, 0.29) is 49.1 Å². The van der Waals surface area contributed by atoms with Gasteiger partial charge in [0, 0.05) is 19.3 Å². The van der Waals surface area contributed by atoms with E-state index in [1.807, 2.05) is 72.9 Å². The lowest BCUT2D eigenvalue weighted by Gasteiger charge is -2.34. The fourth-order valence-electron chi connectivity index (χ4n) is 4.97. The fraction of sp³-hybridized carbons (Fsp3) is 0.543. The molecule has 0 saturated carbocycles. The smallest absolute Gasteiger partial charge is 0.306 e. The molecule has 54 heavy (non-hydrogen) atoms. The molecule has 0 aliphatic heterocycles. The average molecular weight is 750 g/mol. The van der Waals surface area contributed by atoms with Crippen molar-refractivity contribution in [2.75, 3.05) is 41.0 Å². The third-order valence-corrected chi connectivity index (χ3v) is 8.12. The maximum absolute atomic E-state index is 12.7. The van der Waals surface area contributed by atoms with Crippen molar-refractivity contribution >= 4 is 17.9 Å². The molecule has 0 N–H and O–H groups in total. The zero-order chi connectivity index (χ0) is 40.0. The van der Waals surface area contributed by atoms with Crippen LogP contribution in [0.3, 0.4) is 0 Å². The maximum atomic E-state index is 12.7. The van der Waals surface area contributed by atoms with Gasteiger partial charge in [0.2, 0.25) is 0 Å². The van der Waals surface area contributed by atoms with Crippen molar-refractivity contribution in [3.05, 3.63) is 109 Å². The number of quaternary nitrogens is 1. The van der Waals surface area contributed by atoms with E-state index in [0.29, 0.717) is 12.8 Å². The van der Waals surface area contributed by atoms with Crippen LogP contribution in [0.4, 0.5) is 0 Å². The van der Waals surface area contributed by atoms with E-state index in [1.54, 1.807) is 21.1 Å². The largest absolute Gasteiger partial charge is 0.544 e. The standard InChI is InChI=1S/C46H71NO7/c1-6-8-10-12-14-16-18-19-20-21-22-23-24-25-27-29-31-33-35-37-45(49)54-42(40-52-39-38-43(46(50)51)47(3,4)5)41-53-44(48)36-34-32-30-28-26-17-15-13-11-9-7-2/h8,10,12-27,42-43H,6-7,9,11,28-41H2,1-5H3/b10-8+,14-12+,15-13+,18-16+,20-19+,22-21+,24-23+,26-17+,27-25+. The minimum atomic E-state index is -1.14. The molecule has 8 nitrogen and oxygen atoms in total. The Balaban J connectivity index is 4.58. The second-order valence-electron chi connectivity index (χ2n) is 14.0. The lowest BCUT2D eigenvalue weighted by Crippen LogP contribution is -2.55. The molecule has 0 saturated heterocycles. The van der Waals surface area contributed by atoms with Crippen molar-refractivity contribution < 1.29 is 38.2 Å². The second kappa shape index (κ2) is 36.0. The molecule has 0 aromatic carbocycles. The van der Waals surface area contributed by atoms with Crippen LogP contribution in [0.2, 0.25) is 0 Å². The molecule has 0 fully saturated rings. The molecule has 302 valence electrons. The highest BCUT2D eigenvalue weighted by molar-refractivity contribution is 5.70. The van der Waals surface area contributed by atoms with Gasteiger partial charge >= 0.3 is 11.9 Å². The number of carbonyl (C=O) groups excluding carboxylic acids is 3. The molecular formula is C46H71NO7. The van der Waals surface area contributed by atoms with Gasteiger partial charge in [0.05, 0.1) is 40.3 Å². The van der Waals surface area contributed by atoms with E-state index < -0.39 is 18.1 Å². The highest BCUT2D eigenvalue weighted by Gasteiger charge is 2.25. The van der Waals surface area contributed by atoms with Gasteiger partial charge in [-0.2, -0.15) is 0 Å².